The molecule has 0 spiro atoms. The molecule has 0 saturated heterocycles. The zero-order chi connectivity index (χ0) is 12.8. The van der Waals surface area contributed by atoms with Crippen LogP contribution < -0.4 is 4.90 Å². The van der Waals surface area contributed by atoms with Gasteiger partial charge in [-0.3, -0.25) is 4.79 Å². The van der Waals surface area contributed by atoms with Crippen LogP contribution in [-0.4, -0.2) is 37.6 Å². The fourth-order valence-corrected chi connectivity index (χ4v) is 2.33. The van der Waals surface area contributed by atoms with E-state index in [1.165, 1.54) is 11.3 Å². The van der Waals surface area contributed by atoms with Crippen LogP contribution in [0.25, 0.3) is 0 Å². The Bertz CT molecular complexity index is 363. The smallest absolute Gasteiger partial charge is 0.186 e. The first-order valence-corrected chi connectivity index (χ1v) is 6.57. The predicted octanol–water partition coefficient (Wildman–Crippen LogP) is 2.45. The van der Waals surface area contributed by atoms with Crippen molar-refractivity contribution in [3.63, 3.8) is 0 Å². The van der Waals surface area contributed by atoms with Crippen LogP contribution in [0.15, 0.2) is 6.20 Å². The Morgan fingerprint density at radius 2 is 2.29 bits per heavy atom. The summed E-state index contributed by atoms with van der Waals surface area (Å²) in [5.74, 6) is 0.626. The lowest BCUT2D eigenvalue weighted by Crippen LogP contribution is -2.30. The largest absolute Gasteiger partial charge is 0.383 e. The van der Waals surface area contributed by atoms with Gasteiger partial charge in [0.1, 0.15) is 0 Å². The third-order valence-electron chi connectivity index (χ3n) is 2.26. The summed E-state index contributed by atoms with van der Waals surface area (Å²) in [6, 6.07) is 0. The number of ether oxygens (including phenoxy) is 1. The number of aromatic nitrogens is 1. The Labute approximate surface area is 107 Å². The highest BCUT2D eigenvalue weighted by Gasteiger charge is 2.14. The average molecular weight is 256 g/mol. The van der Waals surface area contributed by atoms with Crippen molar-refractivity contribution in [2.24, 2.45) is 5.92 Å². The number of carbonyl (C=O) groups excluding carboxylic acids is 1. The van der Waals surface area contributed by atoms with Crippen LogP contribution in [0, 0.1) is 5.92 Å². The first-order valence-electron chi connectivity index (χ1n) is 5.75. The second-order valence-corrected chi connectivity index (χ2v) is 5.41. The van der Waals surface area contributed by atoms with Gasteiger partial charge in [-0.1, -0.05) is 25.2 Å². The highest BCUT2D eigenvalue weighted by atomic mass is 32.1. The normalized spacial score (nSPS) is 10.9. The molecule has 0 aliphatic rings. The summed E-state index contributed by atoms with van der Waals surface area (Å²) < 4.78 is 5.10. The van der Waals surface area contributed by atoms with Crippen LogP contribution in [0.1, 0.15) is 30.4 Å². The number of hydrogen-bond donors (Lipinski definition) is 0. The van der Waals surface area contributed by atoms with E-state index in [1.807, 2.05) is 0 Å². The van der Waals surface area contributed by atoms with Gasteiger partial charge >= 0.3 is 0 Å². The molecule has 0 fully saturated rings. The van der Waals surface area contributed by atoms with E-state index in [0.29, 0.717) is 17.4 Å². The summed E-state index contributed by atoms with van der Waals surface area (Å²) in [6.45, 7) is 8.30. The van der Waals surface area contributed by atoms with E-state index >= 15 is 0 Å². The minimum Gasteiger partial charge on any atom is -0.383 e. The topological polar surface area (TPSA) is 42.4 Å². The fourth-order valence-electron chi connectivity index (χ4n) is 1.48. The van der Waals surface area contributed by atoms with Gasteiger partial charge in [-0.05, 0) is 5.92 Å². The number of rotatable bonds is 7. The third kappa shape index (κ3) is 4.44. The van der Waals surface area contributed by atoms with E-state index < -0.39 is 0 Å². The number of nitrogens with zero attached hydrogens (tertiary/aromatic N) is 2. The van der Waals surface area contributed by atoms with Crippen LogP contribution in [0.4, 0.5) is 5.13 Å². The van der Waals surface area contributed by atoms with E-state index in [4.69, 9.17) is 4.74 Å². The van der Waals surface area contributed by atoms with Crippen molar-refractivity contribution in [3.8, 4) is 0 Å². The maximum Gasteiger partial charge on any atom is 0.186 e. The first kappa shape index (κ1) is 14.1. The van der Waals surface area contributed by atoms with Gasteiger partial charge in [-0.2, -0.15) is 0 Å². The Kier molecular flexibility index (Phi) is 5.58. The van der Waals surface area contributed by atoms with Crippen molar-refractivity contribution in [2.45, 2.75) is 20.8 Å². The lowest BCUT2D eigenvalue weighted by Gasteiger charge is -2.23. The van der Waals surface area contributed by atoms with E-state index in [9.17, 15) is 4.79 Å². The molecule has 0 atom stereocenters. The molecule has 0 unspecified atom stereocenters. The summed E-state index contributed by atoms with van der Waals surface area (Å²) in [5, 5.41) is 0.904. The van der Waals surface area contributed by atoms with Crippen molar-refractivity contribution in [3.05, 3.63) is 11.1 Å². The molecule has 0 N–H and O–H groups in total. The lowest BCUT2D eigenvalue weighted by molar-refractivity contribution is 0.102. The minimum atomic E-state index is 0.0741. The summed E-state index contributed by atoms with van der Waals surface area (Å²) >= 11 is 1.45. The van der Waals surface area contributed by atoms with Crippen LogP contribution in [0.2, 0.25) is 0 Å². The number of hydrogen-bond acceptors (Lipinski definition) is 5. The number of Topliss-reactive ketones (excluding diaryl/α,β-unsaturated/α-hetero) is 1. The molecular formula is C12H20N2O2S. The van der Waals surface area contributed by atoms with Crippen LogP contribution >= 0.6 is 11.3 Å². The summed E-state index contributed by atoms with van der Waals surface area (Å²) in [4.78, 5) is 18.4. The molecule has 1 heterocycles. The number of ketones is 1. The van der Waals surface area contributed by atoms with Gasteiger partial charge in [0.2, 0.25) is 0 Å². The molecule has 0 amide bonds. The second kappa shape index (κ2) is 6.71. The molecule has 1 aromatic heterocycles. The van der Waals surface area contributed by atoms with Crippen molar-refractivity contribution in [1.82, 2.24) is 4.98 Å². The Hall–Kier alpha value is -0.940. The SMILES string of the molecule is COCCN(CC(C)C)c1ncc(C(C)=O)s1. The van der Waals surface area contributed by atoms with Crippen molar-refractivity contribution in [2.75, 3.05) is 31.7 Å². The molecule has 0 radical (unpaired) electrons. The molecule has 0 aromatic carbocycles. The summed E-state index contributed by atoms with van der Waals surface area (Å²) in [7, 11) is 1.69. The first-order chi connectivity index (χ1) is 8.04. The van der Waals surface area contributed by atoms with Crippen molar-refractivity contribution >= 4 is 22.3 Å². The molecule has 4 nitrogen and oxygen atoms in total. The molecule has 1 aromatic rings. The molecule has 0 bridgehead atoms. The van der Waals surface area contributed by atoms with Crippen LogP contribution in [-0.2, 0) is 4.74 Å². The zero-order valence-corrected chi connectivity index (χ0v) is 11.7. The van der Waals surface area contributed by atoms with E-state index in [2.05, 4.69) is 23.7 Å². The Balaban J connectivity index is 2.76. The minimum absolute atomic E-state index is 0.0741. The molecule has 0 aliphatic heterocycles. The third-order valence-corrected chi connectivity index (χ3v) is 3.42. The van der Waals surface area contributed by atoms with Gasteiger partial charge in [0.05, 0.1) is 17.7 Å². The van der Waals surface area contributed by atoms with Gasteiger partial charge in [0.25, 0.3) is 0 Å². The molecule has 5 heteroatoms. The van der Waals surface area contributed by atoms with Gasteiger partial charge in [0, 0.05) is 27.1 Å². The quantitative estimate of drug-likeness (QED) is 0.703. The fraction of sp³-hybridized carbons (Fsp3) is 0.667. The highest BCUT2D eigenvalue weighted by molar-refractivity contribution is 7.17. The Morgan fingerprint density at radius 1 is 1.59 bits per heavy atom. The number of methoxy groups -OCH3 is 1. The molecule has 17 heavy (non-hydrogen) atoms. The van der Waals surface area contributed by atoms with Crippen LogP contribution in [0.3, 0.4) is 0 Å². The van der Waals surface area contributed by atoms with E-state index in [-0.39, 0.29) is 5.78 Å². The van der Waals surface area contributed by atoms with Gasteiger partial charge in [-0.25, -0.2) is 4.98 Å². The monoisotopic (exact) mass is 256 g/mol. The predicted molar refractivity (Wildman–Crippen MR) is 71.0 cm³/mol. The second-order valence-electron chi connectivity index (χ2n) is 4.40. The van der Waals surface area contributed by atoms with Crippen LogP contribution in [0.5, 0.6) is 0 Å². The number of thiazole rings is 1. The maximum atomic E-state index is 11.2. The van der Waals surface area contributed by atoms with Gasteiger partial charge in [-0.15, -0.1) is 0 Å². The summed E-state index contributed by atoms with van der Waals surface area (Å²) in [5.41, 5.74) is 0. The standard InChI is InChI=1S/C12H20N2O2S/c1-9(2)8-14(5-6-16-4)12-13-7-11(17-12)10(3)15/h7,9H,5-6,8H2,1-4H3. The Morgan fingerprint density at radius 3 is 2.76 bits per heavy atom. The zero-order valence-electron chi connectivity index (χ0n) is 10.9. The van der Waals surface area contributed by atoms with E-state index in [0.717, 1.165) is 18.2 Å². The lowest BCUT2D eigenvalue weighted by atomic mass is 10.2. The highest BCUT2D eigenvalue weighted by Crippen LogP contribution is 2.23. The average Bonchev–Trinajstić information content (AvgIpc) is 2.72. The molecule has 0 saturated carbocycles. The molecule has 1 rings (SSSR count). The van der Waals surface area contributed by atoms with Crippen molar-refractivity contribution in [1.29, 1.82) is 0 Å². The molecule has 0 aliphatic carbocycles. The van der Waals surface area contributed by atoms with Crippen molar-refractivity contribution < 1.29 is 9.53 Å². The number of anilines is 1. The maximum absolute atomic E-state index is 11.2. The molecule has 96 valence electrons. The summed E-state index contributed by atoms with van der Waals surface area (Å²) in [6.07, 6.45) is 1.66. The van der Waals surface area contributed by atoms with E-state index in [1.54, 1.807) is 20.2 Å². The van der Waals surface area contributed by atoms with Gasteiger partial charge in [0.15, 0.2) is 10.9 Å². The van der Waals surface area contributed by atoms with Gasteiger partial charge < -0.3 is 9.64 Å². The number of carbonyl (C=O) groups is 1. The molecular weight excluding hydrogens is 236 g/mol.